The zero-order chi connectivity index (χ0) is 17.0. The molecule has 1 aliphatic rings. The van der Waals surface area contributed by atoms with E-state index in [0.717, 1.165) is 24.5 Å². The van der Waals surface area contributed by atoms with Gasteiger partial charge in [0.1, 0.15) is 17.5 Å². The van der Waals surface area contributed by atoms with Gasteiger partial charge in [0.25, 0.3) is 0 Å². The summed E-state index contributed by atoms with van der Waals surface area (Å²) in [5, 5.41) is 3.27. The number of halogens is 3. The molecule has 0 radical (unpaired) electrons. The van der Waals surface area contributed by atoms with E-state index in [0.29, 0.717) is 31.9 Å². The molecule has 0 atom stereocenters. The normalized spacial score (nSPS) is 17.0. The first-order valence-electron chi connectivity index (χ1n) is 8.08. The number of ether oxygens (including phenoxy) is 1. The Balaban J connectivity index is 1.71. The zero-order valence-electron chi connectivity index (χ0n) is 13.3. The van der Waals surface area contributed by atoms with Crippen LogP contribution < -0.4 is 5.32 Å². The molecule has 2 aromatic rings. The van der Waals surface area contributed by atoms with Gasteiger partial charge in [-0.05, 0) is 36.6 Å². The van der Waals surface area contributed by atoms with Crippen LogP contribution in [0.4, 0.5) is 13.2 Å². The Morgan fingerprint density at radius 3 is 2.25 bits per heavy atom. The summed E-state index contributed by atoms with van der Waals surface area (Å²) >= 11 is 0. The first kappa shape index (κ1) is 17.0. The third-order valence-corrected chi connectivity index (χ3v) is 4.70. The highest BCUT2D eigenvalue weighted by atomic mass is 19.1. The second-order valence-corrected chi connectivity index (χ2v) is 6.24. The Labute approximate surface area is 139 Å². The molecule has 1 N–H and O–H groups in total. The summed E-state index contributed by atoms with van der Waals surface area (Å²) in [6.07, 6.45) is 1.63. The van der Waals surface area contributed by atoms with Crippen molar-refractivity contribution in [1.82, 2.24) is 5.32 Å². The van der Waals surface area contributed by atoms with Crippen molar-refractivity contribution in [3.63, 3.8) is 0 Å². The lowest BCUT2D eigenvalue weighted by molar-refractivity contribution is 0.0497. The maximum Gasteiger partial charge on any atom is 0.130 e. The topological polar surface area (TPSA) is 21.3 Å². The number of nitrogens with one attached hydrogen (secondary N) is 1. The van der Waals surface area contributed by atoms with Gasteiger partial charge in [-0.1, -0.05) is 18.2 Å². The molecule has 1 saturated heterocycles. The standard InChI is InChI=1S/C19H20F3NO/c20-16-5-2-15(3-6-16)19(7-9-24-10-8-19)13-23-12-14-1-4-17(21)11-18(14)22/h1-6,11,23H,7-10,12-13H2. The van der Waals surface area contributed by atoms with Crippen LogP contribution in [0.15, 0.2) is 42.5 Å². The molecule has 0 aromatic heterocycles. The summed E-state index contributed by atoms with van der Waals surface area (Å²) in [4.78, 5) is 0. The molecule has 0 unspecified atom stereocenters. The molecule has 0 aliphatic carbocycles. The van der Waals surface area contributed by atoms with Gasteiger partial charge >= 0.3 is 0 Å². The van der Waals surface area contributed by atoms with Crippen LogP contribution >= 0.6 is 0 Å². The molecule has 0 saturated carbocycles. The van der Waals surface area contributed by atoms with Gasteiger partial charge in [0, 0.05) is 43.3 Å². The molecular formula is C19H20F3NO. The van der Waals surface area contributed by atoms with Crippen molar-refractivity contribution >= 4 is 0 Å². The molecule has 24 heavy (non-hydrogen) atoms. The minimum absolute atomic E-state index is 0.164. The summed E-state index contributed by atoms with van der Waals surface area (Å²) in [7, 11) is 0. The van der Waals surface area contributed by atoms with E-state index in [1.54, 1.807) is 12.1 Å². The Kier molecular flexibility index (Phi) is 5.21. The van der Waals surface area contributed by atoms with Crippen molar-refractivity contribution in [2.45, 2.75) is 24.8 Å². The first-order chi connectivity index (χ1) is 11.6. The molecule has 5 heteroatoms. The van der Waals surface area contributed by atoms with E-state index in [9.17, 15) is 13.2 Å². The quantitative estimate of drug-likeness (QED) is 0.894. The lowest BCUT2D eigenvalue weighted by Crippen LogP contribution is -2.42. The Morgan fingerprint density at radius 1 is 0.917 bits per heavy atom. The minimum atomic E-state index is -0.580. The fourth-order valence-electron chi connectivity index (χ4n) is 3.23. The molecule has 1 fully saturated rings. The van der Waals surface area contributed by atoms with Crippen molar-refractivity contribution in [2.24, 2.45) is 0 Å². The van der Waals surface area contributed by atoms with E-state index in [1.807, 2.05) is 0 Å². The summed E-state index contributed by atoms with van der Waals surface area (Å²) in [6.45, 7) is 2.22. The summed E-state index contributed by atoms with van der Waals surface area (Å²) in [5.41, 5.74) is 1.32. The fourth-order valence-corrected chi connectivity index (χ4v) is 3.23. The van der Waals surface area contributed by atoms with Crippen LogP contribution in [-0.4, -0.2) is 19.8 Å². The van der Waals surface area contributed by atoms with Gasteiger partial charge in [-0.2, -0.15) is 0 Å². The van der Waals surface area contributed by atoms with Crippen molar-refractivity contribution in [2.75, 3.05) is 19.8 Å². The van der Waals surface area contributed by atoms with Crippen LogP contribution in [0, 0.1) is 17.5 Å². The SMILES string of the molecule is Fc1ccc(C2(CNCc3ccc(F)cc3F)CCOCC2)cc1. The van der Waals surface area contributed by atoms with Crippen LogP contribution in [0.2, 0.25) is 0 Å². The smallest absolute Gasteiger partial charge is 0.130 e. The molecule has 0 amide bonds. The second-order valence-electron chi connectivity index (χ2n) is 6.24. The molecule has 1 aliphatic heterocycles. The maximum absolute atomic E-state index is 13.7. The molecule has 2 aromatic carbocycles. The highest BCUT2D eigenvalue weighted by Gasteiger charge is 2.34. The largest absolute Gasteiger partial charge is 0.381 e. The molecule has 0 spiro atoms. The van der Waals surface area contributed by atoms with E-state index in [-0.39, 0.29) is 11.2 Å². The van der Waals surface area contributed by atoms with Crippen LogP contribution in [0.1, 0.15) is 24.0 Å². The van der Waals surface area contributed by atoms with Gasteiger partial charge in [0.05, 0.1) is 0 Å². The van der Waals surface area contributed by atoms with Crippen LogP contribution in [0.5, 0.6) is 0 Å². The van der Waals surface area contributed by atoms with Crippen molar-refractivity contribution in [1.29, 1.82) is 0 Å². The first-order valence-corrected chi connectivity index (χ1v) is 8.08. The van der Waals surface area contributed by atoms with Gasteiger partial charge < -0.3 is 10.1 Å². The van der Waals surface area contributed by atoms with Gasteiger partial charge in [-0.3, -0.25) is 0 Å². The van der Waals surface area contributed by atoms with Crippen molar-refractivity contribution in [3.8, 4) is 0 Å². The number of hydrogen-bond acceptors (Lipinski definition) is 2. The number of hydrogen-bond donors (Lipinski definition) is 1. The number of rotatable bonds is 5. The molecular weight excluding hydrogens is 315 g/mol. The molecule has 3 rings (SSSR count). The van der Waals surface area contributed by atoms with Gasteiger partial charge in [0.15, 0.2) is 0 Å². The average Bonchev–Trinajstić information content (AvgIpc) is 2.58. The molecule has 128 valence electrons. The van der Waals surface area contributed by atoms with E-state index in [2.05, 4.69) is 5.32 Å². The van der Waals surface area contributed by atoms with Crippen LogP contribution in [0.25, 0.3) is 0 Å². The fraction of sp³-hybridized carbons (Fsp3) is 0.368. The Bertz CT molecular complexity index is 682. The predicted molar refractivity (Wildman–Crippen MR) is 86.2 cm³/mol. The van der Waals surface area contributed by atoms with E-state index < -0.39 is 11.6 Å². The highest BCUT2D eigenvalue weighted by molar-refractivity contribution is 5.27. The third kappa shape index (κ3) is 3.79. The third-order valence-electron chi connectivity index (χ3n) is 4.70. The zero-order valence-corrected chi connectivity index (χ0v) is 13.3. The maximum atomic E-state index is 13.7. The van der Waals surface area contributed by atoms with Crippen molar-refractivity contribution in [3.05, 3.63) is 71.0 Å². The van der Waals surface area contributed by atoms with Gasteiger partial charge in [0.2, 0.25) is 0 Å². The summed E-state index contributed by atoms with van der Waals surface area (Å²) in [5.74, 6) is -1.39. The van der Waals surface area contributed by atoms with Gasteiger partial charge in [-0.25, -0.2) is 13.2 Å². The summed E-state index contributed by atoms with van der Waals surface area (Å²) < 4.78 is 45.4. The molecule has 2 nitrogen and oxygen atoms in total. The lowest BCUT2D eigenvalue weighted by Gasteiger charge is -2.38. The lowest BCUT2D eigenvalue weighted by atomic mass is 9.74. The molecule has 0 bridgehead atoms. The second kappa shape index (κ2) is 7.36. The Hall–Kier alpha value is -1.85. The van der Waals surface area contributed by atoms with Crippen LogP contribution in [0.3, 0.4) is 0 Å². The average molecular weight is 335 g/mol. The molecule has 1 heterocycles. The Morgan fingerprint density at radius 2 is 1.58 bits per heavy atom. The predicted octanol–water partition coefficient (Wildman–Crippen LogP) is 3.94. The van der Waals surface area contributed by atoms with E-state index in [4.69, 9.17) is 4.74 Å². The minimum Gasteiger partial charge on any atom is -0.381 e. The monoisotopic (exact) mass is 335 g/mol. The summed E-state index contributed by atoms with van der Waals surface area (Å²) in [6, 6.07) is 10.1. The van der Waals surface area contributed by atoms with Crippen molar-refractivity contribution < 1.29 is 17.9 Å². The number of benzene rings is 2. The van der Waals surface area contributed by atoms with E-state index >= 15 is 0 Å². The van der Waals surface area contributed by atoms with E-state index in [1.165, 1.54) is 24.3 Å². The van der Waals surface area contributed by atoms with Crippen LogP contribution in [-0.2, 0) is 16.7 Å². The van der Waals surface area contributed by atoms with Gasteiger partial charge in [-0.15, -0.1) is 0 Å². The highest BCUT2D eigenvalue weighted by Crippen LogP contribution is 2.34.